The van der Waals surface area contributed by atoms with E-state index in [2.05, 4.69) is 39.1 Å². The first kappa shape index (κ1) is 22.5. The number of rotatable bonds is 6. The summed E-state index contributed by atoms with van der Waals surface area (Å²) in [6.07, 6.45) is 4.14. The number of methoxy groups -OCH3 is 1. The number of guanidine groups is 1. The number of nitrogens with one attached hydrogen (secondary N) is 1. The first-order valence-electron chi connectivity index (χ1n) is 10.9. The SMILES string of the molecule is CCNC(=NCC1CCN(C2CC2)C1)N1CCN(c2ccc(OC)cc2)CC1.I. The number of hydrogen-bond donors (Lipinski definition) is 1. The van der Waals surface area contributed by atoms with Gasteiger partial charge in [0.1, 0.15) is 5.75 Å². The molecule has 0 bridgehead atoms. The van der Waals surface area contributed by atoms with Crippen molar-refractivity contribution >= 4 is 35.6 Å². The predicted molar refractivity (Wildman–Crippen MR) is 131 cm³/mol. The maximum atomic E-state index is 5.27. The van der Waals surface area contributed by atoms with E-state index in [1.54, 1.807) is 7.11 Å². The maximum Gasteiger partial charge on any atom is 0.194 e. The van der Waals surface area contributed by atoms with Gasteiger partial charge in [0.2, 0.25) is 0 Å². The fourth-order valence-electron chi connectivity index (χ4n) is 4.39. The second-order valence-corrected chi connectivity index (χ2v) is 8.25. The number of hydrogen-bond acceptors (Lipinski definition) is 4. The van der Waals surface area contributed by atoms with Crippen LogP contribution in [0.1, 0.15) is 26.2 Å². The van der Waals surface area contributed by atoms with Gasteiger partial charge < -0.3 is 24.8 Å². The lowest BCUT2D eigenvalue weighted by Crippen LogP contribution is -2.52. The monoisotopic (exact) mass is 513 g/mol. The Hall–Kier alpha value is -1.22. The van der Waals surface area contributed by atoms with Crippen molar-refractivity contribution in [2.45, 2.75) is 32.2 Å². The Morgan fingerprint density at radius 3 is 2.41 bits per heavy atom. The van der Waals surface area contributed by atoms with Gasteiger partial charge in [0.15, 0.2) is 5.96 Å². The molecular weight excluding hydrogens is 477 g/mol. The summed E-state index contributed by atoms with van der Waals surface area (Å²) in [7, 11) is 1.71. The number of benzene rings is 1. The zero-order valence-electron chi connectivity index (χ0n) is 17.8. The number of anilines is 1. The van der Waals surface area contributed by atoms with Crippen LogP contribution in [0.5, 0.6) is 5.75 Å². The molecule has 1 N–H and O–H groups in total. The van der Waals surface area contributed by atoms with Crippen molar-refractivity contribution in [1.82, 2.24) is 15.1 Å². The lowest BCUT2D eigenvalue weighted by molar-refractivity contribution is 0.315. The Morgan fingerprint density at radius 2 is 1.79 bits per heavy atom. The number of ether oxygens (including phenoxy) is 1. The summed E-state index contributed by atoms with van der Waals surface area (Å²) < 4.78 is 5.27. The third-order valence-electron chi connectivity index (χ3n) is 6.23. The summed E-state index contributed by atoms with van der Waals surface area (Å²) in [5.41, 5.74) is 1.27. The second kappa shape index (κ2) is 10.7. The van der Waals surface area contributed by atoms with Gasteiger partial charge in [0.25, 0.3) is 0 Å². The molecule has 4 rings (SSSR count). The summed E-state index contributed by atoms with van der Waals surface area (Å²) in [4.78, 5) is 12.6. The average Bonchev–Trinajstić information content (AvgIpc) is 3.49. The van der Waals surface area contributed by atoms with Gasteiger partial charge in [-0.25, -0.2) is 0 Å². The van der Waals surface area contributed by atoms with E-state index in [1.165, 1.54) is 38.0 Å². The minimum absolute atomic E-state index is 0. The Kier molecular flexibility index (Phi) is 8.29. The van der Waals surface area contributed by atoms with Crippen LogP contribution in [0, 0.1) is 5.92 Å². The van der Waals surface area contributed by atoms with Gasteiger partial charge in [-0.2, -0.15) is 0 Å². The van der Waals surface area contributed by atoms with Gasteiger partial charge in [-0.1, -0.05) is 0 Å². The van der Waals surface area contributed by atoms with Crippen molar-refractivity contribution in [3.63, 3.8) is 0 Å². The van der Waals surface area contributed by atoms with Crippen LogP contribution < -0.4 is 15.0 Å². The van der Waals surface area contributed by atoms with Crippen molar-refractivity contribution in [2.75, 3.05) is 64.4 Å². The molecule has 2 saturated heterocycles. The highest BCUT2D eigenvalue weighted by Crippen LogP contribution is 2.31. The number of halogens is 1. The van der Waals surface area contributed by atoms with Crippen molar-refractivity contribution in [3.8, 4) is 5.75 Å². The molecule has 1 aliphatic carbocycles. The molecule has 2 heterocycles. The minimum Gasteiger partial charge on any atom is -0.497 e. The van der Waals surface area contributed by atoms with Gasteiger partial charge in [0.05, 0.1) is 7.11 Å². The molecule has 29 heavy (non-hydrogen) atoms. The van der Waals surface area contributed by atoms with E-state index >= 15 is 0 Å². The molecule has 3 fully saturated rings. The molecule has 162 valence electrons. The van der Waals surface area contributed by atoms with Crippen LogP contribution in [0.3, 0.4) is 0 Å². The topological polar surface area (TPSA) is 43.3 Å². The van der Waals surface area contributed by atoms with Crippen LogP contribution in [0.25, 0.3) is 0 Å². The Balaban J connectivity index is 0.00000240. The average molecular weight is 513 g/mol. The van der Waals surface area contributed by atoms with Crippen molar-refractivity contribution < 1.29 is 4.74 Å². The first-order chi connectivity index (χ1) is 13.8. The minimum atomic E-state index is 0. The molecule has 0 radical (unpaired) electrons. The highest BCUT2D eigenvalue weighted by atomic mass is 127. The second-order valence-electron chi connectivity index (χ2n) is 8.25. The molecule has 1 aromatic rings. The van der Waals surface area contributed by atoms with Crippen molar-refractivity contribution in [2.24, 2.45) is 10.9 Å². The Bertz CT molecular complexity index is 656. The van der Waals surface area contributed by atoms with Gasteiger partial charge >= 0.3 is 0 Å². The molecule has 3 aliphatic rings. The molecule has 1 unspecified atom stereocenters. The Labute approximate surface area is 192 Å². The molecule has 0 aromatic heterocycles. The normalized spacial score (nSPS) is 23.1. The molecule has 6 nitrogen and oxygen atoms in total. The summed E-state index contributed by atoms with van der Waals surface area (Å²) in [6.45, 7) is 10.6. The lowest BCUT2D eigenvalue weighted by atomic mass is 10.1. The first-order valence-corrected chi connectivity index (χ1v) is 10.9. The third kappa shape index (κ3) is 5.90. The van der Waals surface area contributed by atoms with Gasteiger partial charge in [-0.15, -0.1) is 24.0 Å². The zero-order chi connectivity index (χ0) is 19.3. The highest BCUT2D eigenvalue weighted by molar-refractivity contribution is 14.0. The summed E-state index contributed by atoms with van der Waals surface area (Å²) >= 11 is 0. The van der Waals surface area contributed by atoms with E-state index in [0.29, 0.717) is 0 Å². The number of piperazine rings is 1. The fraction of sp³-hybridized carbons (Fsp3) is 0.682. The zero-order valence-corrected chi connectivity index (χ0v) is 20.2. The van der Waals surface area contributed by atoms with Crippen molar-refractivity contribution in [1.29, 1.82) is 0 Å². The Morgan fingerprint density at radius 1 is 1.07 bits per heavy atom. The van der Waals surface area contributed by atoms with Crippen LogP contribution in [0.15, 0.2) is 29.3 Å². The molecule has 7 heteroatoms. The quantitative estimate of drug-likeness (QED) is 0.360. The van der Waals surface area contributed by atoms with Gasteiger partial charge in [0, 0.05) is 57.5 Å². The number of likely N-dealkylation sites (tertiary alicyclic amines) is 1. The highest BCUT2D eigenvalue weighted by Gasteiger charge is 2.34. The fourth-order valence-corrected chi connectivity index (χ4v) is 4.39. The van der Waals surface area contributed by atoms with Crippen LogP contribution in [-0.2, 0) is 0 Å². The predicted octanol–water partition coefficient (Wildman–Crippen LogP) is 2.89. The summed E-state index contributed by atoms with van der Waals surface area (Å²) in [5, 5.41) is 3.52. The number of aliphatic imine (C=N–C) groups is 1. The summed E-state index contributed by atoms with van der Waals surface area (Å²) in [5.74, 6) is 2.74. The van der Waals surface area contributed by atoms with E-state index in [1.807, 2.05) is 12.1 Å². The van der Waals surface area contributed by atoms with Crippen LogP contribution >= 0.6 is 24.0 Å². The largest absolute Gasteiger partial charge is 0.497 e. The molecule has 1 aromatic carbocycles. The van der Waals surface area contributed by atoms with Gasteiger partial charge in [-0.3, -0.25) is 4.99 Å². The van der Waals surface area contributed by atoms with E-state index in [-0.39, 0.29) is 24.0 Å². The van der Waals surface area contributed by atoms with Crippen LogP contribution in [0.4, 0.5) is 5.69 Å². The molecular formula is C22H36IN5O. The third-order valence-corrected chi connectivity index (χ3v) is 6.23. The molecule has 0 amide bonds. The maximum absolute atomic E-state index is 5.27. The molecule has 1 atom stereocenters. The summed E-state index contributed by atoms with van der Waals surface area (Å²) in [6, 6.07) is 9.28. The standard InChI is InChI=1S/C22H35N5O.HI/c1-3-23-22(24-16-18-10-11-27(17-18)20-4-5-20)26-14-12-25(13-15-26)19-6-8-21(28-2)9-7-19;/h6-9,18,20H,3-5,10-17H2,1-2H3,(H,23,24);1H. The van der Waals surface area contributed by atoms with Gasteiger partial charge in [-0.05, 0) is 62.9 Å². The van der Waals surface area contributed by atoms with E-state index in [0.717, 1.165) is 62.9 Å². The van der Waals surface area contributed by atoms with Crippen LogP contribution in [-0.4, -0.2) is 81.3 Å². The van der Waals surface area contributed by atoms with Crippen molar-refractivity contribution in [3.05, 3.63) is 24.3 Å². The number of nitrogens with zero attached hydrogens (tertiary/aromatic N) is 4. The molecule has 1 saturated carbocycles. The lowest BCUT2D eigenvalue weighted by Gasteiger charge is -2.37. The van der Waals surface area contributed by atoms with E-state index in [9.17, 15) is 0 Å². The van der Waals surface area contributed by atoms with E-state index in [4.69, 9.17) is 9.73 Å². The molecule has 2 aliphatic heterocycles. The molecule has 0 spiro atoms. The van der Waals surface area contributed by atoms with E-state index < -0.39 is 0 Å². The smallest absolute Gasteiger partial charge is 0.194 e. The van der Waals surface area contributed by atoms with Crippen LogP contribution in [0.2, 0.25) is 0 Å².